The summed E-state index contributed by atoms with van der Waals surface area (Å²) in [7, 11) is 1.59. The van der Waals surface area contributed by atoms with Crippen LogP contribution in [0.3, 0.4) is 0 Å². The summed E-state index contributed by atoms with van der Waals surface area (Å²) in [5.41, 5.74) is 2.65. The molecule has 0 amide bonds. The lowest BCUT2D eigenvalue weighted by Crippen LogP contribution is -2.47. The summed E-state index contributed by atoms with van der Waals surface area (Å²) in [6.07, 6.45) is 1.42. The van der Waals surface area contributed by atoms with Gasteiger partial charge in [0.25, 0.3) is 0 Å². The molecular formula is C21H20ClN3O3. The van der Waals surface area contributed by atoms with Gasteiger partial charge in [0.15, 0.2) is 0 Å². The highest BCUT2D eigenvalue weighted by molar-refractivity contribution is 6.30. The van der Waals surface area contributed by atoms with E-state index >= 15 is 0 Å². The van der Waals surface area contributed by atoms with E-state index in [-0.39, 0.29) is 5.56 Å². The standard InChI is InChI=1S/C21H20ClN3O3/c1-28-18-7-3-6-16-19(18)23-13-17(21(26)27)20(16)25-10-8-24(9-11-25)15-5-2-4-14(22)12-15/h2-7,12-13H,8-11H2,1H3,(H,26,27). The van der Waals surface area contributed by atoms with Gasteiger partial charge in [-0.05, 0) is 24.3 Å². The molecule has 2 heterocycles. The molecule has 28 heavy (non-hydrogen) atoms. The number of piperazine rings is 1. The lowest BCUT2D eigenvalue weighted by Gasteiger charge is -2.38. The number of halogens is 1. The first-order valence-corrected chi connectivity index (χ1v) is 9.41. The van der Waals surface area contributed by atoms with E-state index in [2.05, 4.69) is 14.8 Å². The van der Waals surface area contributed by atoms with Crippen molar-refractivity contribution in [3.63, 3.8) is 0 Å². The fraction of sp³-hybridized carbons (Fsp3) is 0.238. The summed E-state index contributed by atoms with van der Waals surface area (Å²) in [6.45, 7) is 2.94. The molecule has 0 unspecified atom stereocenters. The van der Waals surface area contributed by atoms with Crippen LogP contribution in [0, 0.1) is 0 Å². The summed E-state index contributed by atoms with van der Waals surface area (Å²) >= 11 is 6.12. The Morgan fingerprint density at radius 1 is 1.11 bits per heavy atom. The average molecular weight is 398 g/mol. The van der Waals surface area contributed by atoms with Crippen LogP contribution in [0.1, 0.15) is 10.4 Å². The van der Waals surface area contributed by atoms with Gasteiger partial charge in [-0.1, -0.05) is 29.8 Å². The molecule has 0 bridgehead atoms. The molecule has 1 aliphatic rings. The summed E-state index contributed by atoms with van der Waals surface area (Å²) in [5.74, 6) is -0.349. The van der Waals surface area contributed by atoms with Crippen LogP contribution >= 0.6 is 11.6 Å². The molecule has 0 atom stereocenters. The molecular weight excluding hydrogens is 378 g/mol. The Bertz CT molecular complexity index is 1030. The minimum atomic E-state index is -0.982. The number of methoxy groups -OCH3 is 1. The van der Waals surface area contributed by atoms with Crippen molar-refractivity contribution in [2.24, 2.45) is 0 Å². The predicted molar refractivity (Wildman–Crippen MR) is 111 cm³/mol. The summed E-state index contributed by atoms with van der Waals surface area (Å²) in [6, 6.07) is 13.4. The van der Waals surface area contributed by atoms with Gasteiger partial charge in [-0.15, -0.1) is 0 Å². The number of hydrogen-bond acceptors (Lipinski definition) is 5. The molecule has 7 heteroatoms. The number of fused-ring (bicyclic) bond motifs is 1. The number of carboxylic acid groups (broad SMARTS) is 1. The van der Waals surface area contributed by atoms with Crippen LogP contribution < -0.4 is 14.5 Å². The van der Waals surface area contributed by atoms with Crippen molar-refractivity contribution in [3.8, 4) is 5.75 Å². The third-order valence-corrected chi connectivity index (χ3v) is 5.29. The molecule has 0 saturated carbocycles. The van der Waals surface area contributed by atoms with Crippen molar-refractivity contribution >= 4 is 39.8 Å². The number of carbonyl (C=O) groups is 1. The number of aromatic carboxylic acids is 1. The molecule has 1 saturated heterocycles. The number of rotatable bonds is 4. The predicted octanol–water partition coefficient (Wildman–Crippen LogP) is 3.92. The Labute approximate surface area is 167 Å². The average Bonchev–Trinajstić information content (AvgIpc) is 2.72. The molecule has 3 aromatic rings. The third kappa shape index (κ3) is 3.31. The van der Waals surface area contributed by atoms with Gasteiger partial charge in [0.05, 0.1) is 12.8 Å². The van der Waals surface area contributed by atoms with Crippen LogP contribution in [-0.4, -0.2) is 49.3 Å². The SMILES string of the molecule is COc1cccc2c(N3CCN(c4cccc(Cl)c4)CC3)c(C(=O)O)cnc12. The largest absolute Gasteiger partial charge is 0.494 e. The first-order valence-electron chi connectivity index (χ1n) is 9.03. The first-order chi connectivity index (χ1) is 13.6. The Balaban J connectivity index is 1.69. The second kappa shape index (κ2) is 7.56. The Morgan fingerprint density at radius 2 is 1.82 bits per heavy atom. The number of nitrogens with zero attached hydrogens (tertiary/aromatic N) is 3. The van der Waals surface area contributed by atoms with Gasteiger partial charge >= 0.3 is 5.97 Å². The fourth-order valence-corrected chi connectivity index (χ4v) is 3.89. The van der Waals surface area contributed by atoms with Crippen molar-refractivity contribution in [2.75, 3.05) is 43.1 Å². The van der Waals surface area contributed by atoms with Crippen LogP contribution in [0.25, 0.3) is 10.9 Å². The lowest BCUT2D eigenvalue weighted by molar-refractivity contribution is 0.0697. The molecule has 1 aliphatic heterocycles. The Morgan fingerprint density at radius 3 is 2.50 bits per heavy atom. The highest BCUT2D eigenvalue weighted by Crippen LogP contribution is 2.35. The Kier molecular flexibility index (Phi) is 4.96. The van der Waals surface area contributed by atoms with E-state index in [1.54, 1.807) is 7.11 Å². The molecule has 1 N–H and O–H groups in total. The Hall–Kier alpha value is -2.99. The molecule has 6 nitrogen and oxygen atoms in total. The highest BCUT2D eigenvalue weighted by atomic mass is 35.5. The van der Waals surface area contributed by atoms with E-state index in [1.165, 1.54) is 6.20 Å². The maximum Gasteiger partial charge on any atom is 0.339 e. The van der Waals surface area contributed by atoms with Crippen molar-refractivity contribution < 1.29 is 14.6 Å². The van der Waals surface area contributed by atoms with Crippen molar-refractivity contribution in [1.29, 1.82) is 0 Å². The number of para-hydroxylation sites is 1. The van der Waals surface area contributed by atoms with Crippen LogP contribution in [0.5, 0.6) is 5.75 Å². The zero-order chi connectivity index (χ0) is 19.7. The molecule has 0 aliphatic carbocycles. The number of anilines is 2. The normalized spacial score (nSPS) is 14.4. The number of hydrogen-bond donors (Lipinski definition) is 1. The van der Waals surface area contributed by atoms with E-state index < -0.39 is 5.97 Å². The van der Waals surface area contributed by atoms with E-state index in [4.69, 9.17) is 16.3 Å². The van der Waals surface area contributed by atoms with Crippen LogP contribution in [0.15, 0.2) is 48.7 Å². The fourth-order valence-electron chi connectivity index (χ4n) is 3.70. The molecule has 144 valence electrons. The second-order valence-electron chi connectivity index (χ2n) is 6.64. The molecule has 0 spiro atoms. The zero-order valence-corrected chi connectivity index (χ0v) is 16.2. The summed E-state index contributed by atoms with van der Waals surface area (Å²) < 4.78 is 5.41. The monoisotopic (exact) mass is 397 g/mol. The first kappa shape index (κ1) is 18.4. The minimum Gasteiger partial charge on any atom is -0.494 e. The van der Waals surface area contributed by atoms with E-state index in [0.29, 0.717) is 35.1 Å². The molecule has 4 rings (SSSR count). The van der Waals surface area contributed by atoms with E-state index in [1.807, 2.05) is 42.5 Å². The number of ether oxygens (including phenoxy) is 1. The molecule has 1 fully saturated rings. The number of benzene rings is 2. The van der Waals surface area contributed by atoms with Gasteiger partial charge in [0.2, 0.25) is 0 Å². The highest BCUT2D eigenvalue weighted by Gasteiger charge is 2.25. The summed E-state index contributed by atoms with van der Waals surface area (Å²) in [5, 5.41) is 11.2. The van der Waals surface area contributed by atoms with Crippen LogP contribution in [0.4, 0.5) is 11.4 Å². The van der Waals surface area contributed by atoms with Crippen LogP contribution in [-0.2, 0) is 0 Å². The van der Waals surface area contributed by atoms with E-state index in [0.717, 1.165) is 24.2 Å². The van der Waals surface area contributed by atoms with Crippen molar-refractivity contribution in [3.05, 3.63) is 59.2 Å². The number of carboxylic acids is 1. The van der Waals surface area contributed by atoms with Gasteiger partial charge in [0.1, 0.15) is 16.8 Å². The smallest absolute Gasteiger partial charge is 0.339 e. The van der Waals surface area contributed by atoms with Crippen LogP contribution in [0.2, 0.25) is 5.02 Å². The quantitative estimate of drug-likeness (QED) is 0.719. The number of pyridine rings is 1. The molecule has 2 aromatic carbocycles. The van der Waals surface area contributed by atoms with Gasteiger partial charge < -0.3 is 19.6 Å². The van der Waals surface area contributed by atoms with E-state index in [9.17, 15) is 9.90 Å². The van der Waals surface area contributed by atoms with Gasteiger partial charge in [-0.25, -0.2) is 4.79 Å². The van der Waals surface area contributed by atoms with Crippen molar-refractivity contribution in [2.45, 2.75) is 0 Å². The zero-order valence-electron chi connectivity index (χ0n) is 15.4. The lowest BCUT2D eigenvalue weighted by atomic mass is 10.1. The van der Waals surface area contributed by atoms with Gasteiger partial charge in [0, 0.05) is 48.5 Å². The van der Waals surface area contributed by atoms with Gasteiger partial charge in [-0.3, -0.25) is 4.98 Å². The molecule has 1 aromatic heterocycles. The third-order valence-electron chi connectivity index (χ3n) is 5.05. The maximum absolute atomic E-state index is 11.9. The van der Waals surface area contributed by atoms with Crippen molar-refractivity contribution in [1.82, 2.24) is 4.98 Å². The topological polar surface area (TPSA) is 65.9 Å². The van der Waals surface area contributed by atoms with Gasteiger partial charge in [-0.2, -0.15) is 0 Å². The number of aromatic nitrogens is 1. The summed E-state index contributed by atoms with van der Waals surface area (Å²) in [4.78, 5) is 20.6. The molecule has 0 radical (unpaired) electrons. The minimum absolute atomic E-state index is 0.206. The second-order valence-corrected chi connectivity index (χ2v) is 7.07. The maximum atomic E-state index is 11.9.